The molecule has 0 unspecified atom stereocenters. The van der Waals surface area contributed by atoms with Crippen molar-refractivity contribution in [3.05, 3.63) is 128 Å². The smallest absolute Gasteiger partial charge is 0.257 e. The minimum Gasteiger partial charge on any atom is -0.344 e. The Morgan fingerprint density at radius 3 is 2.11 bits per heavy atom. The average Bonchev–Trinajstić information content (AvgIpc) is 2.88. The summed E-state index contributed by atoms with van der Waals surface area (Å²) in [5.41, 5.74) is 4.33. The Balaban J connectivity index is 1.48. The van der Waals surface area contributed by atoms with Crippen LogP contribution in [0.3, 0.4) is 0 Å². The molecule has 0 spiro atoms. The van der Waals surface area contributed by atoms with Crippen molar-refractivity contribution in [1.82, 2.24) is 14.9 Å². The van der Waals surface area contributed by atoms with Gasteiger partial charge in [0.15, 0.2) is 5.16 Å². The zero-order valence-corrected chi connectivity index (χ0v) is 22.0. The molecule has 1 N–H and O–H groups in total. The number of hydrogen-bond acceptors (Lipinski definition) is 4. The number of nitrogens with one attached hydrogen (secondary N) is 1. The summed E-state index contributed by atoms with van der Waals surface area (Å²) in [4.78, 5) is 30.7. The molecule has 0 radical (unpaired) electrons. The Hall–Kier alpha value is -3.16. The van der Waals surface area contributed by atoms with Crippen molar-refractivity contribution < 1.29 is 4.79 Å². The monoisotopic (exact) mass is 547 g/mol. The van der Waals surface area contributed by atoms with E-state index in [1.54, 1.807) is 7.05 Å². The molecule has 1 heterocycles. The van der Waals surface area contributed by atoms with E-state index in [1.165, 1.54) is 16.3 Å². The molecule has 3 aromatic carbocycles. The number of aromatic nitrogens is 2. The molecule has 0 saturated carbocycles. The van der Waals surface area contributed by atoms with Crippen molar-refractivity contribution in [2.24, 2.45) is 7.05 Å². The fraction of sp³-hybridized carbons (Fsp3) is 0.179. The number of nitrogens with zero attached hydrogens (tertiary/aromatic N) is 2. The van der Waals surface area contributed by atoms with Crippen LogP contribution in [0.5, 0.6) is 0 Å². The average molecular weight is 549 g/mol. The van der Waals surface area contributed by atoms with Crippen LogP contribution in [0.25, 0.3) is 0 Å². The lowest BCUT2D eigenvalue weighted by molar-refractivity contribution is -0.119. The lowest BCUT2D eigenvalue weighted by atomic mass is 9.99. The van der Waals surface area contributed by atoms with Crippen molar-refractivity contribution >= 4 is 33.6 Å². The van der Waals surface area contributed by atoms with Crippen LogP contribution in [0.2, 0.25) is 0 Å². The van der Waals surface area contributed by atoms with Crippen molar-refractivity contribution in [3.8, 4) is 0 Å². The first-order valence-corrected chi connectivity index (χ1v) is 13.0. The first-order chi connectivity index (χ1) is 16.9. The van der Waals surface area contributed by atoms with Crippen LogP contribution < -0.4 is 10.9 Å². The van der Waals surface area contributed by atoms with Gasteiger partial charge >= 0.3 is 0 Å². The fourth-order valence-electron chi connectivity index (χ4n) is 3.85. The molecule has 5 nitrogen and oxygen atoms in total. The van der Waals surface area contributed by atoms with Crippen molar-refractivity contribution in [3.63, 3.8) is 0 Å². The third-order valence-corrected chi connectivity index (χ3v) is 7.31. The Kier molecular flexibility index (Phi) is 8.21. The Bertz CT molecular complexity index is 1320. The molecule has 35 heavy (non-hydrogen) atoms. The molecule has 4 aromatic rings. The van der Waals surface area contributed by atoms with Crippen LogP contribution in [-0.2, 0) is 18.3 Å². The SMILES string of the molecule is Cc1nc(SCC(=O)NC(c2ccccc2)c2ccccc2)n(C)c(=O)c1Cc1ccc(Br)cc1. The molecule has 1 aromatic heterocycles. The van der Waals surface area contributed by atoms with Crippen LogP contribution in [0.15, 0.2) is 99.4 Å². The number of thioether (sulfide) groups is 1. The summed E-state index contributed by atoms with van der Waals surface area (Å²) in [6.45, 7) is 1.85. The normalized spacial score (nSPS) is 11.0. The first-order valence-electron chi connectivity index (χ1n) is 11.3. The second-order valence-corrected chi connectivity index (χ2v) is 10.1. The number of hydrogen-bond donors (Lipinski definition) is 1. The maximum Gasteiger partial charge on any atom is 0.257 e. The summed E-state index contributed by atoms with van der Waals surface area (Å²) in [5, 5.41) is 3.66. The fourth-order valence-corrected chi connectivity index (χ4v) is 4.94. The van der Waals surface area contributed by atoms with Gasteiger partial charge in [0.2, 0.25) is 5.91 Å². The van der Waals surface area contributed by atoms with Gasteiger partial charge in [-0.1, -0.05) is 100 Å². The molecular formula is C28H26BrN3O2S. The highest BCUT2D eigenvalue weighted by Gasteiger charge is 2.18. The molecule has 0 atom stereocenters. The maximum atomic E-state index is 13.1. The molecule has 7 heteroatoms. The van der Waals surface area contributed by atoms with E-state index in [9.17, 15) is 9.59 Å². The molecule has 0 saturated heterocycles. The topological polar surface area (TPSA) is 64.0 Å². The van der Waals surface area contributed by atoms with Crippen LogP contribution in [0.1, 0.15) is 34.0 Å². The standard InChI is InChI=1S/C28H26BrN3O2S/c1-19-24(17-20-13-15-23(29)16-14-20)27(34)32(2)28(30-19)35-18-25(33)31-26(21-9-5-3-6-10-21)22-11-7-4-8-12-22/h3-16,26H,17-18H2,1-2H3,(H,31,33). The number of carbonyl (C=O) groups is 1. The quantitative estimate of drug-likeness (QED) is 0.235. The highest BCUT2D eigenvalue weighted by Crippen LogP contribution is 2.23. The number of amides is 1. The molecule has 4 rings (SSSR count). The van der Waals surface area contributed by atoms with E-state index in [0.29, 0.717) is 22.8 Å². The molecular weight excluding hydrogens is 522 g/mol. The van der Waals surface area contributed by atoms with Gasteiger partial charge in [-0.25, -0.2) is 4.98 Å². The van der Waals surface area contributed by atoms with Crippen molar-refractivity contribution in [2.75, 3.05) is 5.75 Å². The van der Waals surface area contributed by atoms with E-state index < -0.39 is 0 Å². The summed E-state index contributed by atoms with van der Waals surface area (Å²) in [7, 11) is 1.71. The predicted molar refractivity (Wildman–Crippen MR) is 145 cm³/mol. The Morgan fingerprint density at radius 2 is 1.54 bits per heavy atom. The number of halogens is 1. The van der Waals surface area contributed by atoms with Crippen LogP contribution >= 0.6 is 27.7 Å². The van der Waals surface area contributed by atoms with Crippen molar-refractivity contribution in [1.29, 1.82) is 0 Å². The van der Waals surface area contributed by atoms with Gasteiger partial charge in [0.1, 0.15) is 0 Å². The molecule has 178 valence electrons. The van der Waals surface area contributed by atoms with E-state index in [0.717, 1.165) is 21.2 Å². The molecule has 0 aliphatic carbocycles. The summed E-state index contributed by atoms with van der Waals surface area (Å²) in [6, 6.07) is 27.4. The molecule has 1 amide bonds. The van der Waals surface area contributed by atoms with Gasteiger partial charge in [-0.15, -0.1) is 0 Å². The second-order valence-electron chi connectivity index (χ2n) is 8.24. The largest absolute Gasteiger partial charge is 0.344 e. The number of aryl methyl sites for hydroxylation is 1. The molecule has 0 fully saturated rings. The van der Waals surface area contributed by atoms with Gasteiger partial charge in [-0.2, -0.15) is 0 Å². The predicted octanol–water partition coefficient (Wildman–Crippen LogP) is 5.44. The van der Waals surface area contributed by atoms with Crippen LogP contribution in [0.4, 0.5) is 0 Å². The third kappa shape index (κ3) is 6.29. The van der Waals surface area contributed by atoms with E-state index in [1.807, 2.05) is 91.9 Å². The highest BCUT2D eigenvalue weighted by molar-refractivity contribution is 9.10. The highest BCUT2D eigenvalue weighted by atomic mass is 79.9. The summed E-state index contributed by atoms with van der Waals surface area (Å²) < 4.78 is 2.53. The van der Waals surface area contributed by atoms with E-state index >= 15 is 0 Å². The van der Waals surface area contributed by atoms with Gasteiger partial charge in [-0.05, 0) is 35.7 Å². The number of rotatable bonds is 8. The summed E-state index contributed by atoms with van der Waals surface area (Å²) in [6.07, 6.45) is 0.514. The zero-order chi connectivity index (χ0) is 24.8. The van der Waals surface area contributed by atoms with Gasteiger partial charge in [0, 0.05) is 29.2 Å². The van der Waals surface area contributed by atoms with Gasteiger partial charge < -0.3 is 5.32 Å². The van der Waals surface area contributed by atoms with E-state index in [4.69, 9.17) is 0 Å². The molecule has 0 aliphatic heterocycles. The number of benzene rings is 3. The van der Waals surface area contributed by atoms with Crippen LogP contribution in [-0.4, -0.2) is 21.2 Å². The third-order valence-electron chi connectivity index (χ3n) is 5.75. The Morgan fingerprint density at radius 1 is 0.971 bits per heavy atom. The maximum absolute atomic E-state index is 13.1. The van der Waals surface area contributed by atoms with Gasteiger partial charge in [-0.3, -0.25) is 14.2 Å². The minimum absolute atomic E-state index is 0.0882. The second kappa shape index (κ2) is 11.5. The lowest BCUT2D eigenvalue weighted by Gasteiger charge is -2.20. The minimum atomic E-state index is -0.253. The van der Waals surface area contributed by atoms with Gasteiger partial charge in [0.25, 0.3) is 5.56 Å². The van der Waals surface area contributed by atoms with Gasteiger partial charge in [0.05, 0.1) is 11.8 Å². The van der Waals surface area contributed by atoms with Crippen LogP contribution in [0, 0.1) is 6.92 Å². The zero-order valence-electron chi connectivity index (χ0n) is 19.6. The summed E-state index contributed by atoms with van der Waals surface area (Å²) in [5.74, 6) is 0.0284. The molecule has 0 bridgehead atoms. The van der Waals surface area contributed by atoms with Crippen molar-refractivity contribution in [2.45, 2.75) is 24.5 Å². The lowest BCUT2D eigenvalue weighted by Crippen LogP contribution is -2.31. The Labute approximate surface area is 217 Å². The molecule has 0 aliphatic rings. The number of carbonyl (C=O) groups excluding carboxylic acids is 1. The summed E-state index contributed by atoms with van der Waals surface area (Å²) >= 11 is 4.70. The van der Waals surface area contributed by atoms with E-state index in [2.05, 4.69) is 26.2 Å². The first kappa shape index (κ1) is 24.9. The van der Waals surface area contributed by atoms with E-state index in [-0.39, 0.29) is 23.3 Å².